The normalized spacial score (nSPS) is 11.5. The lowest BCUT2D eigenvalue weighted by Crippen LogP contribution is -2.18. The van der Waals surface area contributed by atoms with E-state index in [0.717, 1.165) is 6.07 Å². The lowest BCUT2D eigenvalue weighted by atomic mass is 10.1. The minimum absolute atomic E-state index is 0.0538. The van der Waals surface area contributed by atoms with Crippen molar-refractivity contribution in [3.63, 3.8) is 0 Å². The SMILES string of the molecule is CCCC(=O)c1cc(Cl)nc(Cl)c1S(N)(=O)=O. The van der Waals surface area contributed by atoms with E-state index in [0.29, 0.717) is 6.42 Å². The lowest BCUT2D eigenvalue weighted by molar-refractivity contribution is 0.0978. The molecular formula is C9H10Cl2N2O3S. The largest absolute Gasteiger partial charge is 0.294 e. The number of aromatic nitrogens is 1. The number of primary sulfonamides is 1. The number of pyridine rings is 1. The van der Waals surface area contributed by atoms with Gasteiger partial charge < -0.3 is 0 Å². The summed E-state index contributed by atoms with van der Waals surface area (Å²) in [6.07, 6.45) is 0.750. The molecule has 8 heteroatoms. The molecular weight excluding hydrogens is 287 g/mol. The molecule has 0 saturated carbocycles. The molecule has 5 nitrogen and oxygen atoms in total. The van der Waals surface area contributed by atoms with Gasteiger partial charge in [-0.05, 0) is 12.5 Å². The molecule has 0 aliphatic heterocycles. The average molecular weight is 297 g/mol. The smallest absolute Gasteiger partial charge is 0.241 e. The molecule has 0 aromatic carbocycles. The van der Waals surface area contributed by atoms with Gasteiger partial charge in [-0.3, -0.25) is 4.79 Å². The number of hydrogen-bond donors (Lipinski definition) is 1. The zero-order valence-corrected chi connectivity index (χ0v) is 11.2. The van der Waals surface area contributed by atoms with E-state index in [4.69, 9.17) is 28.3 Å². The molecule has 0 atom stereocenters. The Morgan fingerprint density at radius 2 is 2.06 bits per heavy atom. The van der Waals surface area contributed by atoms with Gasteiger partial charge in [0, 0.05) is 12.0 Å². The van der Waals surface area contributed by atoms with Crippen LogP contribution in [0.4, 0.5) is 0 Å². The molecule has 0 amide bonds. The van der Waals surface area contributed by atoms with Crippen molar-refractivity contribution in [1.29, 1.82) is 0 Å². The number of nitrogens with two attached hydrogens (primary N) is 1. The molecule has 0 radical (unpaired) electrons. The van der Waals surface area contributed by atoms with Crippen LogP contribution in [0.2, 0.25) is 10.3 Å². The Balaban J connectivity index is 3.52. The van der Waals surface area contributed by atoms with E-state index < -0.39 is 14.9 Å². The number of Topliss-reactive ketones (excluding diaryl/α,β-unsaturated/α-hetero) is 1. The zero-order valence-electron chi connectivity index (χ0n) is 8.91. The highest BCUT2D eigenvalue weighted by Gasteiger charge is 2.24. The molecule has 1 aromatic heterocycles. The molecule has 0 saturated heterocycles. The second-order valence-corrected chi connectivity index (χ2v) is 5.57. The molecule has 0 bridgehead atoms. The summed E-state index contributed by atoms with van der Waals surface area (Å²) in [5.74, 6) is -0.386. The molecule has 0 unspecified atom stereocenters. The first kappa shape index (κ1) is 14.4. The Bertz CT molecular complexity index is 558. The van der Waals surface area contributed by atoms with Gasteiger partial charge in [0.25, 0.3) is 0 Å². The van der Waals surface area contributed by atoms with E-state index in [1.165, 1.54) is 0 Å². The highest BCUT2D eigenvalue weighted by molar-refractivity contribution is 7.89. The fraction of sp³-hybridized carbons (Fsp3) is 0.333. The average Bonchev–Trinajstić information content (AvgIpc) is 2.14. The van der Waals surface area contributed by atoms with Crippen LogP contribution >= 0.6 is 23.2 Å². The number of carbonyl (C=O) groups is 1. The van der Waals surface area contributed by atoms with Crippen LogP contribution < -0.4 is 5.14 Å². The fourth-order valence-electron chi connectivity index (χ4n) is 1.31. The first-order valence-corrected chi connectivity index (χ1v) is 6.99. The van der Waals surface area contributed by atoms with Crippen LogP contribution in [-0.4, -0.2) is 19.2 Å². The predicted molar refractivity (Wildman–Crippen MR) is 64.9 cm³/mol. The fourth-order valence-corrected chi connectivity index (χ4v) is 2.82. The Morgan fingerprint density at radius 1 is 1.47 bits per heavy atom. The maximum atomic E-state index is 11.8. The monoisotopic (exact) mass is 296 g/mol. The molecule has 17 heavy (non-hydrogen) atoms. The third kappa shape index (κ3) is 3.38. The van der Waals surface area contributed by atoms with Crippen molar-refractivity contribution >= 4 is 39.0 Å². The van der Waals surface area contributed by atoms with E-state index in [-0.39, 0.29) is 28.1 Å². The Morgan fingerprint density at radius 3 is 2.53 bits per heavy atom. The Labute approximate surface area is 109 Å². The zero-order chi connectivity index (χ0) is 13.2. The van der Waals surface area contributed by atoms with Gasteiger partial charge in [0.05, 0.1) is 0 Å². The summed E-state index contributed by atoms with van der Waals surface area (Å²) in [5.41, 5.74) is -0.112. The predicted octanol–water partition coefficient (Wildman–Crippen LogP) is 2.02. The van der Waals surface area contributed by atoms with Crippen molar-refractivity contribution in [3.05, 3.63) is 21.9 Å². The van der Waals surface area contributed by atoms with Crippen LogP contribution in [0.15, 0.2) is 11.0 Å². The van der Waals surface area contributed by atoms with Crippen molar-refractivity contribution in [2.24, 2.45) is 5.14 Å². The van der Waals surface area contributed by atoms with Crippen LogP contribution in [0.5, 0.6) is 0 Å². The van der Waals surface area contributed by atoms with Crippen molar-refractivity contribution in [3.8, 4) is 0 Å². The van der Waals surface area contributed by atoms with E-state index >= 15 is 0 Å². The number of carbonyl (C=O) groups excluding carboxylic acids is 1. The number of ketones is 1. The minimum Gasteiger partial charge on any atom is -0.294 e. The summed E-state index contributed by atoms with van der Waals surface area (Å²) >= 11 is 11.3. The van der Waals surface area contributed by atoms with Gasteiger partial charge in [0.2, 0.25) is 10.0 Å². The van der Waals surface area contributed by atoms with Crippen LogP contribution in [0.25, 0.3) is 0 Å². The number of sulfonamides is 1. The van der Waals surface area contributed by atoms with E-state index in [1.807, 2.05) is 0 Å². The van der Waals surface area contributed by atoms with Gasteiger partial charge in [-0.2, -0.15) is 0 Å². The molecule has 2 N–H and O–H groups in total. The van der Waals surface area contributed by atoms with Gasteiger partial charge in [-0.25, -0.2) is 18.5 Å². The summed E-state index contributed by atoms with van der Waals surface area (Å²) < 4.78 is 22.7. The second kappa shape index (κ2) is 5.30. The van der Waals surface area contributed by atoms with Crippen molar-refractivity contribution < 1.29 is 13.2 Å². The first-order valence-electron chi connectivity index (χ1n) is 4.69. The van der Waals surface area contributed by atoms with E-state index in [2.05, 4.69) is 4.98 Å². The summed E-state index contributed by atoms with van der Waals surface area (Å²) in [7, 11) is -4.12. The van der Waals surface area contributed by atoms with Crippen LogP contribution in [0, 0.1) is 0 Å². The van der Waals surface area contributed by atoms with Gasteiger partial charge in [0.1, 0.15) is 10.0 Å². The minimum atomic E-state index is -4.12. The number of rotatable bonds is 4. The standard InChI is InChI=1S/C9H10Cl2N2O3S/c1-2-3-6(14)5-4-7(10)13-9(11)8(5)17(12,15)16/h4H,2-3H2,1H3,(H2,12,15,16). The van der Waals surface area contributed by atoms with E-state index in [1.54, 1.807) is 6.92 Å². The maximum absolute atomic E-state index is 11.8. The molecule has 0 aliphatic carbocycles. The van der Waals surface area contributed by atoms with E-state index in [9.17, 15) is 13.2 Å². The third-order valence-corrected chi connectivity index (χ3v) is 3.52. The van der Waals surface area contributed by atoms with Gasteiger partial charge >= 0.3 is 0 Å². The first-order chi connectivity index (χ1) is 7.77. The highest BCUT2D eigenvalue weighted by Crippen LogP contribution is 2.26. The Kier molecular flexibility index (Phi) is 4.48. The summed E-state index contributed by atoms with van der Waals surface area (Å²) in [6.45, 7) is 1.79. The molecule has 1 aromatic rings. The quantitative estimate of drug-likeness (QED) is 0.680. The molecule has 0 fully saturated rings. The van der Waals surface area contributed by atoms with Gasteiger partial charge in [0.15, 0.2) is 10.9 Å². The number of nitrogens with zero attached hydrogens (tertiary/aromatic N) is 1. The second-order valence-electron chi connectivity index (χ2n) is 3.33. The number of hydrogen-bond acceptors (Lipinski definition) is 4. The van der Waals surface area contributed by atoms with Crippen molar-refractivity contribution in [1.82, 2.24) is 4.98 Å². The topological polar surface area (TPSA) is 90.1 Å². The summed E-state index contributed by atoms with van der Waals surface area (Å²) in [4.78, 5) is 14.8. The maximum Gasteiger partial charge on any atom is 0.241 e. The van der Waals surface area contributed by atoms with Gasteiger partial charge in [-0.15, -0.1) is 0 Å². The molecule has 0 aliphatic rings. The summed E-state index contributed by atoms with van der Waals surface area (Å²) in [5, 5.41) is 4.55. The van der Waals surface area contributed by atoms with Crippen molar-refractivity contribution in [2.45, 2.75) is 24.7 Å². The molecule has 1 heterocycles. The van der Waals surface area contributed by atoms with Crippen LogP contribution in [0.3, 0.4) is 0 Å². The molecule has 94 valence electrons. The Hall–Kier alpha value is -0.690. The van der Waals surface area contributed by atoms with Crippen LogP contribution in [0.1, 0.15) is 30.1 Å². The lowest BCUT2D eigenvalue weighted by Gasteiger charge is -2.08. The summed E-state index contributed by atoms with van der Waals surface area (Å²) in [6, 6.07) is 1.16. The number of halogens is 2. The van der Waals surface area contributed by atoms with Gasteiger partial charge in [-0.1, -0.05) is 30.1 Å². The third-order valence-electron chi connectivity index (χ3n) is 1.96. The van der Waals surface area contributed by atoms with Crippen molar-refractivity contribution in [2.75, 3.05) is 0 Å². The van der Waals surface area contributed by atoms with Crippen LogP contribution in [-0.2, 0) is 10.0 Å². The highest BCUT2D eigenvalue weighted by atomic mass is 35.5. The molecule has 1 rings (SSSR count). The molecule has 0 spiro atoms.